The number of rotatable bonds is 8. The molecule has 4 rings (SSSR count). The second kappa shape index (κ2) is 11.6. The van der Waals surface area contributed by atoms with Crippen LogP contribution in [-0.4, -0.2) is 73.2 Å². The first-order valence-electron chi connectivity index (χ1n) is 12.2. The predicted molar refractivity (Wildman–Crippen MR) is 149 cm³/mol. The van der Waals surface area contributed by atoms with Gasteiger partial charge in [0.15, 0.2) is 17.7 Å². The normalized spacial score (nSPS) is 16.1. The highest BCUT2D eigenvalue weighted by molar-refractivity contribution is 6.15. The molecule has 38 heavy (non-hydrogen) atoms. The number of hydrogen-bond donors (Lipinski definition) is 4. The Morgan fingerprint density at radius 3 is 2.68 bits per heavy atom. The zero-order chi connectivity index (χ0) is 27.2. The van der Waals surface area contributed by atoms with E-state index in [2.05, 4.69) is 37.4 Å². The molecule has 2 aromatic rings. The first-order chi connectivity index (χ1) is 18.2. The first-order valence-corrected chi connectivity index (χ1v) is 12.2. The van der Waals surface area contributed by atoms with Crippen molar-refractivity contribution >= 4 is 40.5 Å². The molecule has 0 aromatic heterocycles. The molecule has 196 valence electrons. The third kappa shape index (κ3) is 6.35. The second-order valence-corrected chi connectivity index (χ2v) is 9.30. The van der Waals surface area contributed by atoms with Crippen LogP contribution in [0.3, 0.4) is 0 Å². The highest BCUT2D eigenvalue weighted by atomic mass is 16.2. The molecule has 2 aromatic carbocycles. The summed E-state index contributed by atoms with van der Waals surface area (Å²) >= 11 is 0. The fourth-order valence-electron chi connectivity index (χ4n) is 3.95. The molecule has 0 radical (unpaired) electrons. The highest BCUT2D eigenvalue weighted by Crippen LogP contribution is 2.25. The maximum absolute atomic E-state index is 12.6. The highest BCUT2D eigenvalue weighted by Gasteiger charge is 2.33. The van der Waals surface area contributed by atoms with E-state index in [9.17, 15) is 14.9 Å². The van der Waals surface area contributed by atoms with Crippen LogP contribution in [0.15, 0.2) is 64.3 Å². The molecule has 1 unspecified atom stereocenters. The Bertz CT molecular complexity index is 1370. The summed E-state index contributed by atoms with van der Waals surface area (Å²) in [7, 11) is 3.90. The van der Waals surface area contributed by atoms with Crippen LogP contribution in [0.25, 0.3) is 0 Å². The van der Waals surface area contributed by atoms with E-state index in [1.807, 2.05) is 56.3 Å². The Morgan fingerprint density at radius 2 is 1.95 bits per heavy atom. The number of nitrogens with zero attached hydrogens (tertiary/aromatic N) is 5. The number of carbonyl (C=O) groups is 2. The van der Waals surface area contributed by atoms with Gasteiger partial charge in [0.05, 0.1) is 18.3 Å². The number of aliphatic imine (C=N–C) groups is 1. The molecule has 0 spiro atoms. The fraction of sp³-hybridized carbons (Fsp3) is 0.296. The summed E-state index contributed by atoms with van der Waals surface area (Å²) in [6, 6.07) is 14.5. The first kappa shape index (κ1) is 26.4. The number of benzene rings is 2. The van der Waals surface area contributed by atoms with Crippen LogP contribution in [0.4, 0.5) is 17.1 Å². The summed E-state index contributed by atoms with van der Waals surface area (Å²) in [5.74, 6) is 0.723. The van der Waals surface area contributed by atoms with Crippen molar-refractivity contribution in [2.45, 2.75) is 19.9 Å². The maximum atomic E-state index is 12.6. The number of fused-ring (bicyclic) bond motifs is 1. The number of hydrogen-bond acceptors (Lipinski definition) is 9. The molecule has 0 aliphatic carbocycles. The third-order valence-corrected chi connectivity index (χ3v) is 5.88. The number of amidine groups is 2. The van der Waals surface area contributed by atoms with E-state index in [-0.39, 0.29) is 11.8 Å². The van der Waals surface area contributed by atoms with Crippen molar-refractivity contribution in [2.24, 2.45) is 10.1 Å². The number of nitrogens with one attached hydrogen (secondary N) is 4. The molecule has 11 heteroatoms. The number of nitriles is 1. The monoisotopic (exact) mass is 513 g/mol. The van der Waals surface area contributed by atoms with Gasteiger partial charge in [0.2, 0.25) is 5.91 Å². The van der Waals surface area contributed by atoms with E-state index in [0.717, 1.165) is 17.8 Å². The number of amides is 2. The summed E-state index contributed by atoms with van der Waals surface area (Å²) in [5.41, 5.74) is 4.21. The summed E-state index contributed by atoms with van der Waals surface area (Å²) in [5, 5.41) is 28.2. The lowest BCUT2D eigenvalue weighted by atomic mass is 10.1. The van der Waals surface area contributed by atoms with Crippen LogP contribution >= 0.6 is 0 Å². The van der Waals surface area contributed by atoms with Crippen LogP contribution in [-0.2, 0) is 4.79 Å². The van der Waals surface area contributed by atoms with E-state index in [0.29, 0.717) is 47.4 Å². The van der Waals surface area contributed by atoms with Gasteiger partial charge in [-0.15, -0.1) is 0 Å². The average molecular weight is 514 g/mol. The van der Waals surface area contributed by atoms with Crippen molar-refractivity contribution in [1.29, 1.82) is 5.26 Å². The minimum Gasteiger partial charge on any atom is -0.352 e. The van der Waals surface area contributed by atoms with Gasteiger partial charge in [-0.05, 0) is 56.9 Å². The smallest absolute Gasteiger partial charge is 0.251 e. The topological polar surface area (TPSA) is 137 Å². The van der Waals surface area contributed by atoms with Gasteiger partial charge in [0, 0.05) is 48.7 Å². The lowest BCUT2D eigenvalue weighted by molar-refractivity contribution is -0.114. The van der Waals surface area contributed by atoms with Crippen molar-refractivity contribution in [2.75, 3.05) is 49.7 Å². The zero-order valence-electron chi connectivity index (χ0n) is 21.9. The van der Waals surface area contributed by atoms with Crippen LogP contribution in [0.5, 0.6) is 0 Å². The van der Waals surface area contributed by atoms with Gasteiger partial charge in [0.1, 0.15) is 0 Å². The summed E-state index contributed by atoms with van der Waals surface area (Å²) in [6.07, 6.45) is 1.80. The average Bonchev–Trinajstić information content (AvgIpc) is 3.29. The maximum Gasteiger partial charge on any atom is 0.251 e. The second-order valence-electron chi connectivity index (χ2n) is 9.30. The summed E-state index contributed by atoms with van der Waals surface area (Å²) in [4.78, 5) is 30.7. The Labute approximate surface area is 221 Å². The molecule has 2 aliphatic heterocycles. The molecule has 0 bridgehead atoms. The van der Waals surface area contributed by atoms with Gasteiger partial charge in [-0.3, -0.25) is 14.6 Å². The number of carbonyl (C=O) groups excluding carboxylic acids is 2. The van der Waals surface area contributed by atoms with Gasteiger partial charge >= 0.3 is 0 Å². The third-order valence-electron chi connectivity index (χ3n) is 5.88. The van der Waals surface area contributed by atoms with Crippen molar-refractivity contribution in [3.63, 3.8) is 0 Å². The van der Waals surface area contributed by atoms with E-state index >= 15 is 0 Å². The number of hydrazone groups is 1. The SMILES string of the molecule is CC(=O)Nc1cc(NC2=NN3C(=NCC3C#N)C(Nc3cccc(C(=O)NCCN(C)C)c3)=C2)ccc1C. The van der Waals surface area contributed by atoms with Crippen molar-refractivity contribution in [1.82, 2.24) is 15.2 Å². The van der Waals surface area contributed by atoms with Crippen molar-refractivity contribution in [3.05, 3.63) is 65.4 Å². The van der Waals surface area contributed by atoms with Crippen molar-refractivity contribution in [3.8, 4) is 6.07 Å². The zero-order valence-corrected chi connectivity index (χ0v) is 21.9. The molecule has 2 heterocycles. The van der Waals surface area contributed by atoms with E-state index < -0.39 is 6.04 Å². The molecule has 2 amide bonds. The van der Waals surface area contributed by atoms with E-state index in [4.69, 9.17) is 0 Å². The number of anilines is 3. The van der Waals surface area contributed by atoms with Crippen molar-refractivity contribution < 1.29 is 9.59 Å². The minimum absolute atomic E-state index is 0.157. The van der Waals surface area contributed by atoms with Crippen LogP contribution in [0, 0.1) is 18.3 Å². The van der Waals surface area contributed by atoms with Gasteiger partial charge in [-0.25, -0.2) is 5.01 Å². The fourth-order valence-corrected chi connectivity index (χ4v) is 3.95. The van der Waals surface area contributed by atoms with Gasteiger partial charge in [0.25, 0.3) is 5.91 Å². The molecule has 0 saturated carbocycles. The molecule has 0 fully saturated rings. The van der Waals surface area contributed by atoms with Crippen LogP contribution < -0.4 is 21.3 Å². The quantitative estimate of drug-likeness (QED) is 0.426. The predicted octanol–water partition coefficient (Wildman–Crippen LogP) is 2.59. The molecule has 0 saturated heterocycles. The number of aryl methyl sites for hydroxylation is 1. The van der Waals surface area contributed by atoms with Gasteiger partial charge in [-0.1, -0.05) is 12.1 Å². The lowest BCUT2D eigenvalue weighted by Crippen LogP contribution is -2.38. The largest absolute Gasteiger partial charge is 0.352 e. The van der Waals surface area contributed by atoms with Crippen LogP contribution in [0.1, 0.15) is 22.8 Å². The van der Waals surface area contributed by atoms with Gasteiger partial charge < -0.3 is 26.2 Å². The molecular weight excluding hydrogens is 482 g/mol. The lowest BCUT2D eigenvalue weighted by Gasteiger charge is -2.26. The van der Waals surface area contributed by atoms with Crippen LogP contribution in [0.2, 0.25) is 0 Å². The standard InChI is InChI=1S/C27H31N9O2/c1-17-8-9-21(13-23(17)31-18(2)37)33-25-14-24(26-30-16-22(15-28)36(26)34-25)32-20-7-5-6-19(12-20)27(38)29-10-11-35(3)4/h5-9,12-14,22,32H,10-11,16H2,1-4H3,(H,29,38)(H,31,37)(H,33,34). The molecular formula is C27H31N9O2. The number of likely N-dealkylation sites (N-methyl/N-ethyl adjacent to an activating group) is 1. The summed E-state index contributed by atoms with van der Waals surface area (Å²) < 4.78 is 0. The Hall–Kier alpha value is -4.69. The summed E-state index contributed by atoms with van der Waals surface area (Å²) in [6.45, 7) is 4.96. The molecule has 11 nitrogen and oxygen atoms in total. The molecule has 2 aliphatic rings. The Balaban J connectivity index is 1.57. The van der Waals surface area contributed by atoms with E-state index in [1.54, 1.807) is 23.2 Å². The molecule has 1 atom stereocenters. The van der Waals surface area contributed by atoms with E-state index in [1.165, 1.54) is 6.92 Å². The van der Waals surface area contributed by atoms with Gasteiger partial charge in [-0.2, -0.15) is 10.4 Å². The molecule has 4 N–H and O–H groups in total. The Morgan fingerprint density at radius 1 is 1.16 bits per heavy atom. The Kier molecular flexibility index (Phi) is 8.03. The minimum atomic E-state index is -0.533.